The second-order valence-corrected chi connectivity index (χ2v) is 5.51. The van der Waals surface area contributed by atoms with Crippen LogP contribution >= 0.6 is 0 Å². The molecule has 2 N–H and O–H groups in total. The van der Waals surface area contributed by atoms with Crippen molar-refractivity contribution in [2.75, 3.05) is 33.9 Å². The molecule has 6 heteroatoms. The van der Waals surface area contributed by atoms with E-state index in [1.165, 1.54) is 5.56 Å². The summed E-state index contributed by atoms with van der Waals surface area (Å²) in [6.07, 6.45) is 3.46. The minimum absolute atomic E-state index is 0.514. The average molecular weight is 345 g/mol. The van der Waals surface area contributed by atoms with Crippen molar-refractivity contribution < 1.29 is 13.9 Å². The summed E-state index contributed by atoms with van der Waals surface area (Å²) in [7, 11) is 3.45. The van der Waals surface area contributed by atoms with Gasteiger partial charge in [-0.15, -0.1) is 0 Å². The summed E-state index contributed by atoms with van der Waals surface area (Å²) in [4.78, 5) is 4.23. The standard InChI is InChI=1S/C19H27N3O3/c1-20-19(21-10-5-12-24-15-18-8-4-13-25-18)22-11-9-16-6-3-7-17(14-16)23-2/h3-4,6-8,13-14H,5,9-12,15H2,1-2H3,(H2,20,21,22). The number of nitrogens with one attached hydrogen (secondary N) is 2. The molecule has 25 heavy (non-hydrogen) atoms. The Kier molecular flexibility index (Phi) is 8.41. The number of furan rings is 1. The molecule has 0 saturated carbocycles. The van der Waals surface area contributed by atoms with E-state index in [2.05, 4.69) is 21.7 Å². The molecule has 2 aromatic rings. The number of aliphatic imine (C=N–C) groups is 1. The second-order valence-electron chi connectivity index (χ2n) is 5.51. The first-order chi connectivity index (χ1) is 12.3. The van der Waals surface area contributed by atoms with Crippen molar-refractivity contribution in [1.29, 1.82) is 0 Å². The van der Waals surface area contributed by atoms with Gasteiger partial charge >= 0.3 is 0 Å². The predicted octanol–water partition coefficient (Wildman–Crippen LogP) is 2.60. The van der Waals surface area contributed by atoms with E-state index < -0.39 is 0 Å². The highest BCUT2D eigenvalue weighted by molar-refractivity contribution is 5.79. The minimum Gasteiger partial charge on any atom is -0.497 e. The maximum atomic E-state index is 5.55. The summed E-state index contributed by atoms with van der Waals surface area (Å²) in [5, 5.41) is 6.59. The normalized spacial score (nSPS) is 11.4. The molecule has 0 radical (unpaired) electrons. The van der Waals surface area contributed by atoms with E-state index in [1.807, 2.05) is 30.3 Å². The van der Waals surface area contributed by atoms with Crippen LogP contribution in [0.3, 0.4) is 0 Å². The van der Waals surface area contributed by atoms with E-state index in [0.717, 1.165) is 43.4 Å². The molecule has 0 aliphatic rings. The molecule has 0 aliphatic carbocycles. The van der Waals surface area contributed by atoms with Gasteiger partial charge in [0.05, 0.1) is 13.4 Å². The lowest BCUT2D eigenvalue weighted by molar-refractivity contribution is 0.105. The van der Waals surface area contributed by atoms with Gasteiger partial charge in [0.15, 0.2) is 5.96 Å². The first-order valence-electron chi connectivity index (χ1n) is 8.49. The van der Waals surface area contributed by atoms with Gasteiger partial charge in [-0.2, -0.15) is 0 Å². The van der Waals surface area contributed by atoms with Gasteiger partial charge < -0.3 is 24.5 Å². The van der Waals surface area contributed by atoms with E-state index in [4.69, 9.17) is 13.9 Å². The van der Waals surface area contributed by atoms with Gasteiger partial charge in [0.1, 0.15) is 18.1 Å². The molecule has 0 unspecified atom stereocenters. The van der Waals surface area contributed by atoms with Crippen molar-refractivity contribution in [1.82, 2.24) is 10.6 Å². The number of hydrogen-bond donors (Lipinski definition) is 2. The largest absolute Gasteiger partial charge is 0.497 e. The smallest absolute Gasteiger partial charge is 0.190 e. The van der Waals surface area contributed by atoms with E-state index >= 15 is 0 Å². The molecule has 0 aliphatic heterocycles. The second kappa shape index (κ2) is 11.1. The van der Waals surface area contributed by atoms with E-state index in [-0.39, 0.29) is 0 Å². The predicted molar refractivity (Wildman–Crippen MR) is 99.0 cm³/mol. The highest BCUT2D eigenvalue weighted by Gasteiger charge is 2.00. The van der Waals surface area contributed by atoms with Crippen LogP contribution in [0, 0.1) is 0 Å². The van der Waals surface area contributed by atoms with Crippen LogP contribution in [0.1, 0.15) is 17.7 Å². The lowest BCUT2D eigenvalue weighted by atomic mass is 10.1. The molecule has 1 aromatic heterocycles. The molecule has 1 aromatic carbocycles. The SMILES string of the molecule is CN=C(NCCCOCc1ccco1)NCCc1cccc(OC)c1. The Bertz CT molecular complexity index is 627. The summed E-state index contributed by atoms with van der Waals surface area (Å²) in [6, 6.07) is 11.9. The molecule has 6 nitrogen and oxygen atoms in total. The number of methoxy groups -OCH3 is 1. The molecule has 0 saturated heterocycles. The molecule has 0 bridgehead atoms. The van der Waals surface area contributed by atoms with Gasteiger partial charge in [-0.1, -0.05) is 12.1 Å². The summed E-state index contributed by atoms with van der Waals surface area (Å²) >= 11 is 0. The summed E-state index contributed by atoms with van der Waals surface area (Å²) in [5.41, 5.74) is 1.23. The Morgan fingerprint density at radius 2 is 2.04 bits per heavy atom. The van der Waals surface area contributed by atoms with Crippen molar-refractivity contribution in [3.8, 4) is 5.75 Å². The quantitative estimate of drug-likeness (QED) is 0.394. The molecule has 2 rings (SSSR count). The number of benzene rings is 1. The summed E-state index contributed by atoms with van der Waals surface area (Å²) < 4.78 is 16.0. The van der Waals surface area contributed by atoms with Crippen molar-refractivity contribution in [2.45, 2.75) is 19.4 Å². The molecular formula is C19H27N3O3. The van der Waals surface area contributed by atoms with Crippen LogP contribution in [-0.2, 0) is 17.8 Å². The van der Waals surface area contributed by atoms with Crippen LogP contribution < -0.4 is 15.4 Å². The van der Waals surface area contributed by atoms with Crippen molar-refractivity contribution in [3.63, 3.8) is 0 Å². The topological polar surface area (TPSA) is 68.0 Å². The zero-order chi connectivity index (χ0) is 17.7. The number of guanidine groups is 1. The Morgan fingerprint density at radius 1 is 1.16 bits per heavy atom. The van der Waals surface area contributed by atoms with Crippen molar-refractivity contribution >= 4 is 5.96 Å². The third-order valence-corrected chi connectivity index (χ3v) is 3.65. The van der Waals surface area contributed by atoms with Crippen LogP contribution in [-0.4, -0.2) is 39.8 Å². The molecule has 0 spiro atoms. The maximum absolute atomic E-state index is 5.55. The fourth-order valence-electron chi connectivity index (χ4n) is 2.32. The molecule has 136 valence electrons. The van der Waals surface area contributed by atoms with Crippen molar-refractivity contribution in [3.05, 3.63) is 54.0 Å². The zero-order valence-corrected chi connectivity index (χ0v) is 15.0. The summed E-state index contributed by atoms with van der Waals surface area (Å²) in [5.74, 6) is 2.53. The third-order valence-electron chi connectivity index (χ3n) is 3.65. The van der Waals surface area contributed by atoms with Gasteiger partial charge in [0.2, 0.25) is 0 Å². The fourth-order valence-corrected chi connectivity index (χ4v) is 2.32. The highest BCUT2D eigenvalue weighted by atomic mass is 16.5. The van der Waals surface area contributed by atoms with Gasteiger partial charge in [0.25, 0.3) is 0 Å². The number of ether oxygens (including phenoxy) is 2. The third kappa shape index (κ3) is 7.30. The number of hydrogen-bond acceptors (Lipinski definition) is 4. The molecule has 0 fully saturated rings. The molecular weight excluding hydrogens is 318 g/mol. The number of nitrogens with zero attached hydrogens (tertiary/aromatic N) is 1. The fraction of sp³-hybridized carbons (Fsp3) is 0.421. The first-order valence-corrected chi connectivity index (χ1v) is 8.49. The van der Waals surface area contributed by atoms with E-state index in [9.17, 15) is 0 Å². The number of rotatable bonds is 10. The average Bonchev–Trinajstić information content (AvgIpc) is 3.16. The summed E-state index contributed by atoms with van der Waals surface area (Å²) in [6.45, 7) is 2.80. The Labute approximate surface area is 149 Å². The van der Waals surface area contributed by atoms with Crippen LogP contribution in [0.5, 0.6) is 5.75 Å². The molecule has 1 heterocycles. The van der Waals surface area contributed by atoms with Crippen LogP contribution in [0.2, 0.25) is 0 Å². The first kappa shape index (κ1) is 18.9. The van der Waals surface area contributed by atoms with Gasteiger partial charge in [-0.3, -0.25) is 4.99 Å². The lowest BCUT2D eigenvalue weighted by Crippen LogP contribution is -2.39. The molecule has 0 atom stereocenters. The monoisotopic (exact) mass is 345 g/mol. The Morgan fingerprint density at radius 3 is 2.80 bits per heavy atom. The van der Waals surface area contributed by atoms with Gasteiger partial charge in [-0.05, 0) is 42.7 Å². The van der Waals surface area contributed by atoms with E-state index in [0.29, 0.717) is 13.2 Å². The zero-order valence-electron chi connectivity index (χ0n) is 15.0. The highest BCUT2D eigenvalue weighted by Crippen LogP contribution is 2.12. The lowest BCUT2D eigenvalue weighted by Gasteiger charge is -2.12. The van der Waals surface area contributed by atoms with Gasteiger partial charge in [0, 0.05) is 26.7 Å². The van der Waals surface area contributed by atoms with E-state index in [1.54, 1.807) is 20.4 Å². The van der Waals surface area contributed by atoms with Crippen LogP contribution in [0.4, 0.5) is 0 Å². The van der Waals surface area contributed by atoms with Crippen LogP contribution in [0.15, 0.2) is 52.1 Å². The minimum atomic E-state index is 0.514. The molecule has 0 amide bonds. The van der Waals surface area contributed by atoms with Crippen LogP contribution in [0.25, 0.3) is 0 Å². The Hall–Kier alpha value is -2.47. The van der Waals surface area contributed by atoms with Crippen molar-refractivity contribution in [2.24, 2.45) is 4.99 Å². The Balaban J connectivity index is 1.55. The van der Waals surface area contributed by atoms with Gasteiger partial charge in [-0.25, -0.2) is 0 Å². The maximum Gasteiger partial charge on any atom is 0.190 e.